The number of benzene rings is 3. The number of anilines is 1. The Hall–Kier alpha value is -3.48. The first-order valence-electron chi connectivity index (χ1n) is 11.8. The largest absolute Gasteiger partial charge is 0.496 e. The number of carbonyl (C=O) groups excluding carboxylic acids is 1. The lowest BCUT2D eigenvalue weighted by Gasteiger charge is -2.14. The molecule has 37 heavy (non-hydrogen) atoms. The summed E-state index contributed by atoms with van der Waals surface area (Å²) in [5, 5.41) is 8.76. The maximum atomic E-state index is 13.2. The monoisotopic (exact) mass is 537 g/mol. The summed E-state index contributed by atoms with van der Waals surface area (Å²) in [5.74, 6) is 1.20. The molecule has 0 unspecified atom stereocenters. The molecule has 4 aromatic rings. The molecule has 4 rings (SSSR count). The molecule has 6 nitrogen and oxygen atoms in total. The van der Waals surface area contributed by atoms with Crippen LogP contribution in [-0.2, 0) is 13.2 Å². The molecule has 1 amide bonds. The van der Waals surface area contributed by atoms with E-state index in [0.29, 0.717) is 39.3 Å². The second kappa shape index (κ2) is 11.3. The van der Waals surface area contributed by atoms with Gasteiger partial charge in [0.25, 0.3) is 5.91 Å². The van der Waals surface area contributed by atoms with Crippen molar-refractivity contribution in [3.05, 3.63) is 104 Å². The van der Waals surface area contributed by atoms with Crippen LogP contribution in [0.25, 0.3) is 0 Å². The molecule has 0 aliphatic heterocycles. The van der Waals surface area contributed by atoms with E-state index in [4.69, 9.17) is 32.7 Å². The van der Waals surface area contributed by atoms with Crippen LogP contribution in [0.15, 0.2) is 54.6 Å². The van der Waals surface area contributed by atoms with Crippen LogP contribution in [0.1, 0.15) is 44.0 Å². The van der Waals surface area contributed by atoms with Crippen LogP contribution in [0.2, 0.25) is 10.0 Å². The number of carbonyl (C=O) groups is 1. The maximum absolute atomic E-state index is 13.2. The molecule has 192 valence electrons. The number of nitrogens with one attached hydrogen (secondary N) is 1. The third kappa shape index (κ3) is 5.92. The molecule has 0 spiro atoms. The van der Waals surface area contributed by atoms with Crippen LogP contribution >= 0.6 is 23.2 Å². The molecule has 0 aliphatic carbocycles. The molecule has 1 heterocycles. The van der Waals surface area contributed by atoms with Crippen molar-refractivity contribution in [2.75, 3.05) is 12.4 Å². The predicted molar refractivity (Wildman–Crippen MR) is 148 cm³/mol. The first-order chi connectivity index (χ1) is 17.7. The van der Waals surface area contributed by atoms with Crippen LogP contribution in [0, 0.1) is 27.7 Å². The minimum absolute atomic E-state index is 0.253. The van der Waals surface area contributed by atoms with Gasteiger partial charge in [-0.15, -0.1) is 0 Å². The Morgan fingerprint density at radius 2 is 1.70 bits per heavy atom. The first-order valence-corrected chi connectivity index (χ1v) is 12.6. The van der Waals surface area contributed by atoms with E-state index in [-0.39, 0.29) is 12.5 Å². The van der Waals surface area contributed by atoms with Gasteiger partial charge < -0.3 is 14.8 Å². The van der Waals surface area contributed by atoms with E-state index in [1.165, 1.54) is 0 Å². The summed E-state index contributed by atoms with van der Waals surface area (Å²) in [7, 11) is 1.60. The molecule has 1 aromatic heterocycles. The Kier molecular flexibility index (Phi) is 8.10. The topological polar surface area (TPSA) is 65.4 Å². The second-order valence-electron chi connectivity index (χ2n) is 8.94. The highest BCUT2D eigenvalue weighted by atomic mass is 35.5. The number of hydrogen-bond donors (Lipinski definition) is 1. The molecule has 0 bridgehead atoms. The van der Waals surface area contributed by atoms with Crippen LogP contribution < -0.4 is 14.8 Å². The summed E-state index contributed by atoms with van der Waals surface area (Å²) >= 11 is 12.7. The Morgan fingerprint density at radius 3 is 2.41 bits per heavy atom. The van der Waals surface area contributed by atoms with Crippen molar-refractivity contribution in [3.8, 4) is 11.5 Å². The average Bonchev–Trinajstić information content (AvgIpc) is 3.13. The summed E-state index contributed by atoms with van der Waals surface area (Å²) < 4.78 is 13.4. The van der Waals surface area contributed by atoms with Crippen molar-refractivity contribution in [3.63, 3.8) is 0 Å². The molecule has 0 fully saturated rings. The lowest BCUT2D eigenvalue weighted by molar-refractivity contribution is 0.102. The third-order valence-corrected chi connectivity index (χ3v) is 6.97. The number of rotatable bonds is 8. The SMILES string of the molecule is COc1ccc(C(=O)Nc2c(C)nn(Cc3c(Cl)cccc3Cl)c2C)cc1COc1cc(C)ccc1C. The molecule has 0 saturated heterocycles. The number of aryl methyl sites for hydroxylation is 3. The van der Waals surface area contributed by atoms with Gasteiger partial charge in [0, 0.05) is 26.7 Å². The Morgan fingerprint density at radius 1 is 0.973 bits per heavy atom. The van der Waals surface area contributed by atoms with Crippen molar-refractivity contribution < 1.29 is 14.3 Å². The van der Waals surface area contributed by atoms with Crippen molar-refractivity contribution in [1.82, 2.24) is 9.78 Å². The molecule has 8 heteroatoms. The van der Waals surface area contributed by atoms with Gasteiger partial charge in [-0.2, -0.15) is 5.10 Å². The highest BCUT2D eigenvalue weighted by molar-refractivity contribution is 6.36. The van der Waals surface area contributed by atoms with Gasteiger partial charge >= 0.3 is 0 Å². The molecular weight excluding hydrogens is 509 g/mol. The first kappa shape index (κ1) is 26.6. The van der Waals surface area contributed by atoms with E-state index in [0.717, 1.165) is 33.7 Å². The lowest BCUT2D eigenvalue weighted by Crippen LogP contribution is -2.14. The lowest BCUT2D eigenvalue weighted by atomic mass is 10.1. The van der Waals surface area contributed by atoms with Crippen molar-refractivity contribution in [2.45, 2.75) is 40.8 Å². The minimum Gasteiger partial charge on any atom is -0.496 e. The molecule has 1 N–H and O–H groups in total. The van der Waals surface area contributed by atoms with Crippen LogP contribution in [0.5, 0.6) is 11.5 Å². The smallest absolute Gasteiger partial charge is 0.255 e. The Balaban J connectivity index is 1.54. The number of hydrogen-bond acceptors (Lipinski definition) is 4. The minimum atomic E-state index is -0.253. The van der Waals surface area contributed by atoms with Gasteiger partial charge in [-0.25, -0.2) is 0 Å². The Labute approximate surface area is 227 Å². The maximum Gasteiger partial charge on any atom is 0.255 e. The number of ether oxygens (including phenoxy) is 2. The van der Waals surface area contributed by atoms with E-state index < -0.39 is 0 Å². The van der Waals surface area contributed by atoms with Crippen LogP contribution in [-0.4, -0.2) is 22.8 Å². The van der Waals surface area contributed by atoms with E-state index >= 15 is 0 Å². The van der Waals surface area contributed by atoms with E-state index in [1.54, 1.807) is 48.2 Å². The fraction of sp³-hybridized carbons (Fsp3) is 0.241. The molecule has 0 saturated carbocycles. The summed E-state index contributed by atoms with van der Waals surface area (Å²) in [5.41, 5.74) is 6.34. The zero-order valence-electron chi connectivity index (χ0n) is 21.5. The highest BCUT2D eigenvalue weighted by Gasteiger charge is 2.18. The molecule has 3 aromatic carbocycles. The molecule has 0 aliphatic rings. The summed E-state index contributed by atoms with van der Waals surface area (Å²) in [6.07, 6.45) is 0. The number of methoxy groups -OCH3 is 1. The van der Waals surface area contributed by atoms with E-state index in [1.807, 2.05) is 45.9 Å². The van der Waals surface area contributed by atoms with Gasteiger partial charge in [0.2, 0.25) is 0 Å². The average molecular weight is 538 g/mol. The van der Waals surface area contributed by atoms with Gasteiger partial charge in [0.05, 0.1) is 30.7 Å². The summed E-state index contributed by atoms with van der Waals surface area (Å²) in [6, 6.07) is 16.8. The number of amides is 1. The van der Waals surface area contributed by atoms with Crippen molar-refractivity contribution >= 4 is 34.8 Å². The summed E-state index contributed by atoms with van der Waals surface area (Å²) in [6.45, 7) is 8.43. The van der Waals surface area contributed by atoms with Crippen LogP contribution in [0.3, 0.4) is 0 Å². The van der Waals surface area contributed by atoms with Crippen LogP contribution in [0.4, 0.5) is 5.69 Å². The number of nitrogens with zero attached hydrogens (tertiary/aromatic N) is 2. The second-order valence-corrected chi connectivity index (χ2v) is 9.76. The van der Waals surface area contributed by atoms with Gasteiger partial charge in [0.1, 0.15) is 18.1 Å². The van der Waals surface area contributed by atoms with Crippen molar-refractivity contribution in [1.29, 1.82) is 0 Å². The Bertz CT molecular complexity index is 1440. The number of halogens is 2. The fourth-order valence-corrected chi connectivity index (χ4v) is 4.62. The summed E-state index contributed by atoms with van der Waals surface area (Å²) in [4.78, 5) is 13.2. The predicted octanol–water partition coefficient (Wildman–Crippen LogP) is 7.31. The normalized spacial score (nSPS) is 10.9. The fourth-order valence-electron chi connectivity index (χ4n) is 4.10. The molecular formula is C29H29Cl2N3O3. The van der Waals surface area contributed by atoms with Gasteiger partial charge in [-0.05, 0) is 75.2 Å². The quantitative estimate of drug-likeness (QED) is 0.256. The molecule has 0 radical (unpaired) electrons. The molecule has 0 atom stereocenters. The standard InChI is InChI=1S/C29H29Cl2N3O3/c1-17-9-10-18(2)27(13-17)37-16-22-14-21(11-12-26(22)36-5)29(35)32-28-19(3)33-34(20(28)4)15-23-24(30)7-6-8-25(23)31/h6-14H,15-16H2,1-5H3,(H,32,35). The van der Waals surface area contributed by atoms with Gasteiger partial charge in [0.15, 0.2) is 0 Å². The third-order valence-electron chi connectivity index (χ3n) is 6.26. The van der Waals surface area contributed by atoms with E-state index in [9.17, 15) is 4.79 Å². The zero-order valence-corrected chi connectivity index (χ0v) is 23.0. The number of aromatic nitrogens is 2. The zero-order chi connectivity index (χ0) is 26.7. The van der Waals surface area contributed by atoms with E-state index in [2.05, 4.69) is 10.4 Å². The van der Waals surface area contributed by atoms with Gasteiger partial charge in [-0.3, -0.25) is 9.48 Å². The highest BCUT2D eigenvalue weighted by Crippen LogP contribution is 2.29. The van der Waals surface area contributed by atoms with Gasteiger partial charge in [-0.1, -0.05) is 41.4 Å². The van der Waals surface area contributed by atoms with Crippen molar-refractivity contribution in [2.24, 2.45) is 0 Å².